The summed E-state index contributed by atoms with van der Waals surface area (Å²) in [6.07, 6.45) is 1.83. The topological polar surface area (TPSA) is 130 Å². The van der Waals surface area contributed by atoms with Crippen LogP contribution in [-0.2, 0) is 9.53 Å². The largest absolute Gasteiger partial charge is 0.485 e. The van der Waals surface area contributed by atoms with Crippen molar-refractivity contribution in [3.8, 4) is 5.75 Å². The van der Waals surface area contributed by atoms with E-state index in [9.17, 15) is 24.3 Å². The van der Waals surface area contributed by atoms with E-state index in [1.54, 1.807) is 21.6 Å². The quantitative estimate of drug-likeness (QED) is 0.413. The lowest BCUT2D eigenvalue weighted by molar-refractivity contribution is -0.119. The van der Waals surface area contributed by atoms with Gasteiger partial charge >= 0.3 is 12.1 Å². The molecule has 3 aromatic rings. The second-order valence-corrected chi connectivity index (χ2v) is 10.8. The minimum Gasteiger partial charge on any atom is -0.485 e. The number of rotatable bonds is 8. The van der Waals surface area contributed by atoms with Crippen molar-refractivity contribution < 1.29 is 37.7 Å². The van der Waals surface area contributed by atoms with Gasteiger partial charge in [0.25, 0.3) is 0 Å². The first kappa shape index (κ1) is 27.5. The summed E-state index contributed by atoms with van der Waals surface area (Å²) < 4.78 is 43.2. The summed E-state index contributed by atoms with van der Waals surface area (Å²) in [6, 6.07) is 6.86. The van der Waals surface area contributed by atoms with Crippen LogP contribution in [0.15, 0.2) is 41.3 Å². The maximum Gasteiger partial charge on any atom is 0.414 e. The van der Waals surface area contributed by atoms with Crippen molar-refractivity contribution in [3.63, 3.8) is 0 Å². The van der Waals surface area contributed by atoms with Crippen LogP contribution in [0.4, 0.5) is 25.0 Å². The third-order valence-electron chi connectivity index (χ3n) is 7.73. The van der Waals surface area contributed by atoms with Crippen LogP contribution in [0.5, 0.6) is 5.75 Å². The van der Waals surface area contributed by atoms with E-state index < -0.39 is 46.9 Å². The van der Waals surface area contributed by atoms with Gasteiger partial charge in [0.1, 0.15) is 23.6 Å². The first-order valence-corrected chi connectivity index (χ1v) is 13.6. The molecule has 0 spiro atoms. The summed E-state index contributed by atoms with van der Waals surface area (Å²) >= 11 is 0. The Labute approximate surface area is 238 Å². The van der Waals surface area contributed by atoms with Crippen LogP contribution in [0.1, 0.15) is 42.6 Å². The molecular formula is C29H28F2N4O7. The van der Waals surface area contributed by atoms with Crippen LogP contribution in [0.3, 0.4) is 0 Å². The third kappa shape index (κ3) is 5.21. The fourth-order valence-electron chi connectivity index (χ4n) is 5.48. The Morgan fingerprint density at radius 2 is 1.88 bits per heavy atom. The van der Waals surface area contributed by atoms with E-state index in [0.29, 0.717) is 18.5 Å². The molecule has 1 saturated carbocycles. The van der Waals surface area contributed by atoms with Crippen molar-refractivity contribution in [2.45, 2.75) is 44.4 Å². The van der Waals surface area contributed by atoms with Crippen LogP contribution >= 0.6 is 0 Å². The van der Waals surface area contributed by atoms with E-state index in [1.165, 1.54) is 30.2 Å². The number of nitrogens with zero attached hydrogens (tertiary/aromatic N) is 3. The Hall–Kier alpha value is -4.68. The van der Waals surface area contributed by atoms with Gasteiger partial charge in [-0.25, -0.2) is 18.4 Å². The number of carbonyl (C=O) groups excluding carboxylic acids is 2. The van der Waals surface area contributed by atoms with E-state index in [0.717, 1.165) is 18.9 Å². The molecule has 1 aromatic heterocycles. The zero-order valence-corrected chi connectivity index (χ0v) is 22.6. The number of hydrogen-bond donors (Lipinski definition) is 2. The van der Waals surface area contributed by atoms with Crippen molar-refractivity contribution in [1.29, 1.82) is 0 Å². The molecule has 11 nitrogen and oxygen atoms in total. The Kier molecular flexibility index (Phi) is 6.95. The molecule has 2 amide bonds. The molecule has 0 bridgehead atoms. The van der Waals surface area contributed by atoms with Gasteiger partial charge in [0.15, 0.2) is 11.6 Å². The third-order valence-corrected chi connectivity index (χ3v) is 7.73. The molecule has 2 aliphatic heterocycles. The summed E-state index contributed by atoms with van der Waals surface area (Å²) in [7, 11) is 0. The molecule has 2 aromatic carbocycles. The fourth-order valence-corrected chi connectivity index (χ4v) is 5.48. The first-order valence-electron chi connectivity index (χ1n) is 13.6. The van der Waals surface area contributed by atoms with Crippen LogP contribution in [0, 0.1) is 11.6 Å². The number of amides is 2. The average Bonchev–Trinajstić information content (AvgIpc) is 3.56. The molecule has 2 atom stereocenters. The number of aromatic nitrogens is 1. The van der Waals surface area contributed by atoms with Gasteiger partial charge in [-0.05, 0) is 37.1 Å². The number of pyridine rings is 1. The molecule has 1 aliphatic carbocycles. The molecule has 0 radical (unpaired) electrons. The maximum atomic E-state index is 15.3. The minimum atomic E-state index is -1.35. The highest BCUT2D eigenvalue weighted by molar-refractivity contribution is 5.94. The van der Waals surface area contributed by atoms with Crippen LogP contribution < -0.4 is 25.3 Å². The number of aromatic carboxylic acids is 1. The summed E-state index contributed by atoms with van der Waals surface area (Å²) in [4.78, 5) is 50.8. The number of carbonyl (C=O) groups is 3. The van der Waals surface area contributed by atoms with Crippen molar-refractivity contribution in [3.05, 3.63) is 63.9 Å². The van der Waals surface area contributed by atoms with Crippen molar-refractivity contribution in [2.75, 3.05) is 36.0 Å². The molecule has 2 saturated heterocycles. The number of benzene rings is 2. The number of nitrogens with one attached hydrogen (secondary N) is 1. The smallest absolute Gasteiger partial charge is 0.414 e. The number of ether oxygens (including phenoxy) is 2. The zero-order chi connectivity index (χ0) is 29.7. The summed E-state index contributed by atoms with van der Waals surface area (Å²) in [5, 5.41) is 12.1. The molecule has 42 heavy (non-hydrogen) atoms. The number of hydrogen-bond acceptors (Lipinski definition) is 7. The lowest BCUT2D eigenvalue weighted by Crippen LogP contribution is -2.33. The molecule has 1 unspecified atom stereocenters. The van der Waals surface area contributed by atoms with Crippen LogP contribution in [0.2, 0.25) is 0 Å². The normalized spacial score (nSPS) is 20.2. The van der Waals surface area contributed by atoms with Gasteiger partial charge < -0.3 is 29.4 Å². The van der Waals surface area contributed by atoms with Gasteiger partial charge in [-0.15, -0.1) is 0 Å². The van der Waals surface area contributed by atoms with Gasteiger partial charge in [0.05, 0.1) is 36.5 Å². The number of fused-ring (bicyclic) bond motifs is 1. The Bertz CT molecular complexity index is 1670. The van der Waals surface area contributed by atoms with Crippen molar-refractivity contribution in [2.24, 2.45) is 0 Å². The van der Waals surface area contributed by atoms with E-state index in [4.69, 9.17) is 9.47 Å². The Morgan fingerprint density at radius 1 is 1.10 bits per heavy atom. The molecule has 2 N–H and O–H groups in total. The van der Waals surface area contributed by atoms with Crippen molar-refractivity contribution in [1.82, 2.24) is 9.88 Å². The number of carboxylic acid groups (broad SMARTS) is 1. The lowest BCUT2D eigenvalue weighted by Gasteiger charge is -2.22. The average molecular weight is 583 g/mol. The van der Waals surface area contributed by atoms with Gasteiger partial charge in [-0.1, -0.05) is 0 Å². The zero-order valence-electron chi connectivity index (χ0n) is 22.6. The lowest BCUT2D eigenvalue weighted by atomic mass is 10.1. The van der Waals surface area contributed by atoms with Crippen LogP contribution in [-0.4, -0.2) is 66.0 Å². The number of halogens is 2. The summed E-state index contributed by atoms with van der Waals surface area (Å²) in [5.41, 5.74) is -0.117. The van der Waals surface area contributed by atoms with E-state index in [2.05, 4.69) is 5.32 Å². The summed E-state index contributed by atoms with van der Waals surface area (Å²) in [5.74, 6) is -2.96. The molecule has 3 aliphatic rings. The molecule has 3 heterocycles. The second-order valence-electron chi connectivity index (χ2n) is 10.8. The van der Waals surface area contributed by atoms with E-state index in [1.807, 2.05) is 0 Å². The number of carboxylic acids is 1. The molecule has 3 fully saturated rings. The SMILES string of the molecule is CC(=O)NC[C@H]1CN(c2ccc(OC3CCN(c4cc5c(cc4F)c(=O)c(C(=O)O)cn5C4CC4)C3)c(F)c2)C(=O)O1. The second kappa shape index (κ2) is 10.6. The van der Waals surface area contributed by atoms with Gasteiger partial charge in [0, 0.05) is 43.6 Å². The Morgan fingerprint density at radius 3 is 2.57 bits per heavy atom. The molecular weight excluding hydrogens is 554 g/mol. The highest BCUT2D eigenvalue weighted by Gasteiger charge is 2.34. The number of cyclic esters (lactones) is 1. The van der Waals surface area contributed by atoms with E-state index in [-0.39, 0.29) is 54.1 Å². The predicted molar refractivity (Wildman–Crippen MR) is 147 cm³/mol. The molecule has 220 valence electrons. The summed E-state index contributed by atoms with van der Waals surface area (Å²) in [6.45, 7) is 2.34. The molecule has 6 rings (SSSR count). The number of anilines is 2. The van der Waals surface area contributed by atoms with Gasteiger partial charge in [0.2, 0.25) is 11.3 Å². The van der Waals surface area contributed by atoms with Crippen molar-refractivity contribution >= 4 is 40.2 Å². The fraction of sp³-hybridized carbons (Fsp3) is 0.379. The predicted octanol–water partition coefficient (Wildman–Crippen LogP) is 3.43. The van der Waals surface area contributed by atoms with E-state index >= 15 is 8.78 Å². The standard InChI is InChI=1S/C29H28F2N4O7/c1-15(36)32-11-19-13-35(29(40)42-19)17-4-5-26(23(31)8-17)41-18-6-7-33(12-18)25-10-24-20(9-22(25)30)27(37)21(28(38)39)14-34(24)16-2-3-16/h4-5,8-10,14,16,18-19H,2-3,6-7,11-13H2,1H3,(H,32,36)(H,38,39)/t18?,19-/m0/s1. The maximum absolute atomic E-state index is 15.3. The van der Waals surface area contributed by atoms with Gasteiger partial charge in [-0.3, -0.25) is 14.5 Å². The molecule has 13 heteroatoms. The monoisotopic (exact) mass is 582 g/mol. The highest BCUT2D eigenvalue weighted by Crippen LogP contribution is 2.38. The Balaban J connectivity index is 1.17. The minimum absolute atomic E-state index is 0.0144. The van der Waals surface area contributed by atoms with Gasteiger partial charge in [-0.2, -0.15) is 0 Å². The highest BCUT2D eigenvalue weighted by atomic mass is 19.1. The first-order chi connectivity index (χ1) is 20.1. The van der Waals surface area contributed by atoms with Crippen LogP contribution in [0.25, 0.3) is 10.9 Å².